The number of hydrogen-bond donors (Lipinski definition) is 1. The van der Waals surface area contributed by atoms with Gasteiger partial charge in [-0.05, 0) is 73.9 Å². The molecule has 0 spiro atoms. The fraction of sp³-hybridized carbons (Fsp3) is 0.276. The van der Waals surface area contributed by atoms with E-state index >= 15 is 0 Å². The van der Waals surface area contributed by atoms with Gasteiger partial charge in [0.25, 0.3) is 0 Å². The van der Waals surface area contributed by atoms with E-state index in [1.165, 1.54) is 11.3 Å². The Bertz CT molecular complexity index is 1650. The van der Waals surface area contributed by atoms with Gasteiger partial charge < -0.3 is 9.84 Å². The Morgan fingerprint density at radius 1 is 1.02 bits per heavy atom. The molecule has 40 heavy (non-hydrogen) atoms. The highest BCUT2D eigenvalue weighted by Gasteiger charge is 2.25. The molecular weight excluding hydrogens is 548 g/mol. The van der Waals surface area contributed by atoms with Gasteiger partial charge in [0, 0.05) is 18.7 Å². The minimum Gasteiger partial charge on any atom is -0.494 e. The summed E-state index contributed by atoms with van der Waals surface area (Å²) < 4.78 is 35.1. The molecule has 9 nitrogen and oxygen atoms in total. The summed E-state index contributed by atoms with van der Waals surface area (Å²) in [5.41, 5.74) is 2.57. The number of piperidine rings is 1. The van der Waals surface area contributed by atoms with Crippen LogP contribution in [0.2, 0.25) is 0 Å². The summed E-state index contributed by atoms with van der Waals surface area (Å²) in [6.07, 6.45) is 2.82. The number of hydrogen-bond acceptors (Lipinski definition) is 7. The lowest BCUT2D eigenvalue weighted by molar-refractivity contribution is 0.0697. The maximum absolute atomic E-state index is 13.1. The molecule has 1 aliphatic heterocycles. The number of carbonyl (C=O) groups is 1. The topological polar surface area (TPSA) is 114 Å². The van der Waals surface area contributed by atoms with E-state index in [2.05, 4.69) is 0 Å². The molecule has 4 aromatic rings. The van der Waals surface area contributed by atoms with Gasteiger partial charge in [0.15, 0.2) is 0 Å². The van der Waals surface area contributed by atoms with Gasteiger partial charge in [-0.1, -0.05) is 42.0 Å². The van der Waals surface area contributed by atoms with Crippen molar-refractivity contribution in [3.05, 3.63) is 88.7 Å². The third-order valence-electron chi connectivity index (χ3n) is 6.56. The van der Waals surface area contributed by atoms with Crippen LogP contribution in [0.5, 0.6) is 5.75 Å². The molecule has 1 fully saturated rings. The second kappa shape index (κ2) is 12.2. The highest BCUT2D eigenvalue weighted by atomic mass is 32.2. The fourth-order valence-electron chi connectivity index (χ4n) is 4.48. The van der Waals surface area contributed by atoms with Crippen LogP contribution in [0.1, 0.15) is 42.1 Å². The molecule has 1 aliphatic rings. The lowest BCUT2D eigenvalue weighted by Crippen LogP contribution is -2.35. The second-order valence-electron chi connectivity index (χ2n) is 9.38. The van der Waals surface area contributed by atoms with Gasteiger partial charge in [0.05, 0.1) is 29.3 Å². The number of benzene rings is 3. The number of aromatic carboxylic acids is 1. The largest absolute Gasteiger partial charge is 0.494 e. The quantitative estimate of drug-likeness (QED) is 0.293. The van der Waals surface area contributed by atoms with E-state index in [0.717, 1.165) is 41.1 Å². The summed E-state index contributed by atoms with van der Waals surface area (Å²) in [7, 11) is -3.53. The SMILES string of the molecule is CCOc1cccc(-c2nn(Cc3ccc(C(=O)O)cc3)c(=Nc3ccc(S(=O)(=O)N4CCCCC4)cc3)s2)c1. The highest BCUT2D eigenvalue weighted by molar-refractivity contribution is 7.89. The van der Waals surface area contributed by atoms with E-state index in [9.17, 15) is 18.3 Å². The number of sulfonamides is 1. The molecule has 0 bridgehead atoms. The molecule has 0 amide bonds. The molecule has 1 aromatic heterocycles. The van der Waals surface area contributed by atoms with Crippen molar-refractivity contribution in [3.8, 4) is 16.3 Å². The molecular formula is C29H30N4O5S2. The number of ether oxygens (including phenoxy) is 1. The van der Waals surface area contributed by atoms with Crippen LogP contribution in [0.25, 0.3) is 10.6 Å². The van der Waals surface area contributed by atoms with Crippen LogP contribution < -0.4 is 9.54 Å². The number of rotatable bonds is 9. The fourth-order valence-corrected chi connectivity index (χ4v) is 6.92. The Morgan fingerprint density at radius 3 is 2.42 bits per heavy atom. The summed E-state index contributed by atoms with van der Waals surface area (Å²) in [6.45, 7) is 3.96. The Morgan fingerprint density at radius 2 is 1.75 bits per heavy atom. The van der Waals surface area contributed by atoms with Gasteiger partial charge in [-0.15, -0.1) is 0 Å². The zero-order chi connectivity index (χ0) is 28.1. The molecule has 1 N–H and O–H groups in total. The number of carboxylic acids is 1. The van der Waals surface area contributed by atoms with Crippen molar-refractivity contribution < 1.29 is 23.1 Å². The van der Waals surface area contributed by atoms with Crippen molar-refractivity contribution in [2.24, 2.45) is 4.99 Å². The summed E-state index contributed by atoms with van der Waals surface area (Å²) in [4.78, 5) is 16.9. The molecule has 0 saturated carbocycles. The molecule has 1 saturated heterocycles. The van der Waals surface area contributed by atoms with Crippen LogP contribution in [0.3, 0.4) is 0 Å². The van der Waals surface area contributed by atoms with Gasteiger partial charge in [0.1, 0.15) is 10.8 Å². The Kier molecular flexibility index (Phi) is 8.43. The van der Waals surface area contributed by atoms with Crippen LogP contribution in [0.4, 0.5) is 5.69 Å². The van der Waals surface area contributed by atoms with Gasteiger partial charge >= 0.3 is 5.97 Å². The molecule has 208 valence electrons. The predicted octanol–water partition coefficient (Wildman–Crippen LogP) is 5.16. The van der Waals surface area contributed by atoms with E-state index in [1.807, 2.05) is 31.2 Å². The molecule has 0 radical (unpaired) electrons. The van der Waals surface area contributed by atoms with Crippen LogP contribution in [0.15, 0.2) is 82.7 Å². The van der Waals surface area contributed by atoms with E-state index < -0.39 is 16.0 Å². The van der Waals surface area contributed by atoms with Crippen molar-refractivity contribution in [1.29, 1.82) is 0 Å². The van der Waals surface area contributed by atoms with Gasteiger partial charge in [-0.2, -0.15) is 9.40 Å². The van der Waals surface area contributed by atoms with Crippen LogP contribution in [0, 0.1) is 0 Å². The zero-order valence-electron chi connectivity index (χ0n) is 22.1. The Hall–Kier alpha value is -3.80. The molecule has 5 rings (SSSR count). The van der Waals surface area contributed by atoms with Crippen molar-refractivity contribution >= 4 is 33.0 Å². The third kappa shape index (κ3) is 6.33. The first-order chi connectivity index (χ1) is 19.3. The van der Waals surface area contributed by atoms with E-state index in [-0.39, 0.29) is 10.5 Å². The molecule has 0 aliphatic carbocycles. The summed E-state index contributed by atoms with van der Waals surface area (Å²) in [6, 6.07) is 21.0. The van der Waals surface area contributed by atoms with Crippen molar-refractivity contribution in [2.45, 2.75) is 37.6 Å². The number of aromatic nitrogens is 2. The summed E-state index contributed by atoms with van der Waals surface area (Å²) >= 11 is 1.40. The van der Waals surface area contributed by atoms with Gasteiger partial charge in [-0.3, -0.25) is 0 Å². The number of carboxylic acid groups (broad SMARTS) is 1. The summed E-state index contributed by atoms with van der Waals surface area (Å²) in [5, 5.41) is 14.8. The van der Waals surface area contributed by atoms with Crippen molar-refractivity contribution in [3.63, 3.8) is 0 Å². The normalized spacial score (nSPS) is 14.8. The Balaban J connectivity index is 1.50. The lowest BCUT2D eigenvalue weighted by atomic mass is 10.1. The van der Waals surface area contributed by atoms with Gasteiger partial charge in [-0.25, -0.2) is 22.9 Å². The Labute approximate surface area is 237 Å². The average Bonchev–Trinajstić information content (AvgIpc) is 3.36. The predicted molar refractivity (Wildman–Crippen MR) is 153 cm³/mol. The average molecular weight is 579 g/mol. The third-order valence-corrected chi connectivity index (χ3v) is 9.47. The van der Waals surface area contributed by atoms with Crippen molar-refractivity contribution in [2.75, 3.05) is 19.7 Å². The lowest BCUT2D eigenvalue weighted by Gasteiger charge is -2.25. The highest BCUT2D eigenvalue weighted by Crippen LogP contribution is 2.26. The first-order valence-electron chi connectivity index (χ1n) is 13.1. The second-order valence-corrected chi connectivity index (χ2v) is 12.3. The molecule has 0 atom stereocenters. The summed E-state index contributed by atoms with van der Waals surface area (Å²) in [5.74, 6) is -0.235. The van der Waals surface area contributed by atoms with E-state index in [1.54, 1.807) is 57.5 Å². The maximum atomic E-state index is 13.1. The van der Waals surface area contributed by atoms with E-state index in [0.29, 0.717) is 36.7 Å². The molecule has 3 aromatic carbocycles. The van der Waals surface area contributed by atoms with Crippen LogP contribution in [-0.4, -0.2) is 53.3 Å². The molecule has 2 heterocycles. The zero-order valence-corrected chi connectivity index (χ0v) is 23.7. The molecule has 0 unspecified atom stereocenters. The van der Waals surface area contributed by atoms with E-state index in [4.69, 9.17) is 14.8 Å². The maximum Gasteiger partial charge on any atom is 0.335 e. The van der Waals surface area contributed by atoms with Crippen molar-refractivity contribution in [1.82, 2.24) is 14.1 Å². The van der Waals surface area contributed by atoms with Crippen LogP contribution >= 0.6 is 11.3 Å². The minimum absolute atomic E-state index is 0.213. The first-order valence-corrected chi connectivity index (χ1v) is 15.4. The first kappa shape index (κ1) is 27.8. The smallest absolute Gasteiger partial charge is 0.335 e. The monoisotopic (exact) mass is 578 g/mol. The molecule has 11 heteroatoms. The van der Waals surface area contributed by atoms with Gasteiger partial charge in [0.2, 0.25) is 14.8 Å². The number of nitrogens with zero attached hydrogens (tertiary/aromatic N) is 4. The van der Waals surface area contributed by atoms with Crippen LogP contribution in [-0.2, 0) is 16.6 Å². The minimum atomic E-state index is -3.53. The standard InChI is InChI=1S/C29H30N4O5S2/c1-2-38-25-8-6-7-23(19-25)27-31-33(20-21-9-11-22(12-10-21)28(34)35)29(39-27)30-24-13-15-26(16-14-24)40(36,37)32-17-4-3-5-18-32/h6-16,19H,2-5,17-18,20H2,1H3,(H,34,35).